The zero-order valence-corrected chi connectivity index (χ0v) is 11.7. The molecule has 1 N–H and O–H groups in total. The standard InChI is InChI=1S/C18H14FNO2/c19-17-8-4-2-6-14(17)12-22-18-10-9-13-5-1-3-7-15(13)16(18)11-20-21/h1-11,21H,12H2/b20-11+. The van der Waals surface area contributed by atoms with Gasteiger partial charge in [-0.15, -0.1) is 0 Å². The summed E-state index contributed by atoms with van der Waals surface area (Å²) in [6.07, 6.45) is 1.33. The fourth-order valence-corrected chi connectivity index (χ4v) is 2.36. The summed E-state index contributed by atoms with van der Waals surface area (Å²) < 4.78 is 19.4. The second kappa shape index (κ2) is 6.26. The summed E-state index contributed by atoms with van der Waals surface area (Å²) in [6.45, 7) is 0.108. The molecule has 3 aromatic carbocycles. The molecular formula is C18H14FNO2. The predicted octanol–water partition coefficient (Wildman–Crippen LogP) is 4.37. The molecule has 0 radical (unpaired) electrons. The van der Waals surface area contributed by atoms with Crippen LogP contribution in [0.2, 0.25) is 0 Å². The van der Waals surface area contributed by atoms with E-state index in [2.05, 4.69) is 5.16 Å². The lowest BCUT2D eigenvalue weighted by Crippen LogP contribution is -2.01. The number of nitrogens with zero attached hydrogens (tertiary/aromatic N) is 1. The highest BCUT2D eigenvalue weighted by Crippen LogP contribution is 2.27. The maximum atomic E-state index is 13.6. The van der Waals surface area contributed by atoms with Crippen molar-refractivity contribution in [2.45, 2.75) is 6.61 Å². The highest BCUT2D eigenvalue weighted by molar-refractivity contribution is 6.02. The van der Waals surface area contributed by atoms with Gasteiger partial charge in [-0.2, -0.15) is 0 Å². The van der Waals surface area contributed by atoms with Crippen LogP contribution in [0.15, 0.2) is 65.8 Å². The van der Waals surface area contributed by atoms with Gasteiger partial charge in [-0.1, -0.05) is 53.7 Å². The van der Waals surface area contributed by atoms with Gasteiger partial charge < -0.3 is 9.94 Å². The van der Waals surface area contributed by atoms with Crippen LogP contribution in [0.25, 0.3) is 10.8 Å². The first-order chi connectivity index (χ1) is 10.8. The molecule has 0 spiro atoms. The Hall–Kier alpha value is -2.88. The summed E-state index contributed by atoms with van der Waals surface area (Å²) in [4.78, 5) is 0. The van der Waals surface area contributed by atoms with Crippen LogP contribution >= 0.6 is 0 Å². The van der Waals surface area contributed by atoms with Crippen molar-refractivity contribution in [2.24, 2.45) is 5.16 Å². The second-order valence-corrected chi connectivity index (χ2v) is 4.82. The van der Waals surface area contributed by atoms with Crippen LogP contribution in [0.1, 0.15) is 11.1 Å². The molecule has 0 aliphatic carbocycles. The Bertz CT molecular complexity index is 830. The van der Waals surface area contributed by atoms with E-state index in [0.29, 0.717) is 16.9 Å². The number of rotatable bonds is 4. The van der Waals surface area contributed by atoms with E-state index in [1.165, 1.54) is 12.3 Å². The van der Waals surface area contributed by atoms with Crippen LogP contribution in [0.4, 0.5) is 4.39 Å². The molecular weight excluding hydrogens is 281 g/mol. The van der Waals surface area contributed by atoms with Crippen LogP contribution in [0.3, 0.4) is 0 Å². The maximum Gasteiger partial charge on any atom is 0.129 e. The number of oxime groups is 1. The van der Waals surface area contributed by atoms with Crippen LogP contribution in [-0.4, -0.2) is 11.4 Å². The first-order valence-electron chi connectivity index (χ1n) is 6.85. The zero-order chi connectivity index (χ0) is 15.4. The van der Waals surface area contributed by atoms with Gasteiger partial charge in [0.1, 0.15) is 18.2 Å². The quantitative estimate of drug-likeness (QED) is 0.441. The van der Waals surface area contributed by atoms with E-state index in [-0.39, 0.29) is 12.4 Å². The third-order valence-corrected chi connectivity index (χ3v) is 3.46. The molecule has 0 aliphatic heterocycles. The maximum absolute atomic E-state index is 13.6. The monoisotopic (exact) mass is 295 g/mol. The Balaban J connectivity index is 1.96. The van der Waals surface area contributed by atoms with Crippen molar-refractivity contribution < 1.29 is 14.3 Å². The van der Waals surface area contributed by atoms with Crippen LogP contribution in [0, 0.1) is 5.82 Å². The minimum absolute atomic E-state index is 0.108. The first-order valence-corrected chi connectivity index (χ1v) is 6.85. The van der Waals surface area contributed by atoms with Crippen molar-refractivity contribution in [1.82, 2.24) is 0 Å². The Labute approximate surface area is 127 Å². The van der Waals surface area contributed by atoms with Crippen LogP contribution in [-0.2, 0) is 6.61 Å². The van der Waals surface area contributed by atoms with Crippen LogP contribution < -0.4 is 4.74 Å². The summed E-state index contributed by atoms with van der Waals surface area (Å²) >= 11 is 0. The Kier molecular flexibility index (Phi) is 4.01. The molecule has 0 fully saturated rings. The van der Waals surface area contributed by atoms with Gasteiger partial charge in [-0.3, -0.25) is 0 Å². The van der Waals surface area contributed by atoms with E-state index in [4.69, 9.17) is 9.94 Å². The lowest BCUT2D eigenvalue weighted by atomic mass is 10.0. The number of benzene rings is 3. The van der Waals surface area contributed by atoms with E-state index in [0.717, 1.165) is 10.8 Å². The van der Waals surface area contributed by atoms with Crippen molar-refractivity contribution in [3.8, 4) is 5.75 Å². The molecule has 0 aromatic heterocycles. The van der Waals surface area contributed by atoms with E-state index in [1.54, 1.807) is 24.3 Å². The molecule has 110 valence electrons. The van der Waals surface area contributed by atoms with Gasteiger partial charge in [0.2, 0.25) is 0 Å². The molecule has 0 saturated heterocycles. The lowest BCUT2D eigenvalue weighted by Gasteiger charge is -2.12. The van der Waals surface area contributed by atoms with Crippen molar-refractivity contribution in [3.63, 3.8) is 0 Å². The van der Waals surface area contributed by atoms with Gasteiger partial charge in [-0.25, -0.2) is 4.39 Å². The predicted molar refractivity (Wildman–Crippen MR) is 84.1 cm³/mol. The lowest BCUT2D eigenvalue weighted by molar-refractivity contribution is 0.298. The van der Waals surface area contributed by atoms with E-state index in [9.17, 15) is 4.39 Å². The number of ether oxygens (including phenoxy) is 1. The summed E-state index contributed by atoms with van der Waals surface area (Å²) in [5.41, 5.74) is 1.14. The highest BCUT2D eigenvalue weighted by atomic mass is 19.1. The van der Waals surface area contributed by atoms with Crippen molar-refractivity contribution in [3.05, 3.63) is 77.6 Å². The molecule has 0 bridgehead atoms. The molecule has 0 amide bonds. The topological polar surface area (TPSA) is 41.8 Å². The molecule has 0 unspecified atom stereocenters. The normalized spacial score (nSPS) is 11.1. The van der Waals surface area contributed by atoms with Gasteiger partial charge in [-0.05, 0) is 22.9 Å². The molecule has 0 atom stereocenters. The summed E-state index contributed by atoms with van der Waals surface area (Å²) in [7, 11) is 0. The molecule has 0 saturated carbocycles. The molecule has 3 nitrogen and oxygen atoms in total. The zero-order valence-electron chi connectivity index (χ0n) is 11.7. The summed E-state index contributed by atoms with van der Waals surface area (Å²) in [5.74, 6) is 0.236. The van der Waals surface area contributed by atoms with Crippen molar-refractivity contribution in [2.75, 3.05) is 0 Å². The molecule has 3 rings (SSSR count). The Morgan fingerprint density at radius 2 is 1.77 bits per heavy atom. The second-order valence-electron chi connectivity index (χ2n) is 4.82. The van der Waals surface area contributed by atoms with Gasteiger partial charge in [0.25, 0.3) is 0 Å². The Morgan fingerprint density at radius 1 is 1.00 bits per heavy atom. The molecule has 3 aromatic rings. The fraction of sp³-hybridized carbons (Fsp3) is 0.0556. The largest absolute Gasteiger partial charge is 0.488 e. The number of fused-ring (bicyclic) bond motifs is 1. The van der Waals surface area contributed by atoms with Gasteiger partial charge in [0.15, 0.2) is 0 Å². The Morgan fingerprint density at radius 3 is 2.59 bits per heavy atom. The molecule has 0 aliphatic rings. The van der Waals surface area contributed by atoms with E-state index < -0.39 is 0 Å². The van der Waals surface area contributed by atoms with Crippen molar-refractivity contribution >= 4 is 17.0 Å². The minimum Gasteiger partial charge on any atom is -0.488 e. The number of hydrogen-bond acceptors (Lipinski definition) is 3. The third kappa shape index (κ3) is 2.76. The van der Waals surface area contributed by atoms with E-state index >= 15 is 0 Å². The van der Waals surface area contributed by atoms with Gasteiger partial charge >= 0.3 is 0 Å². The van der Waals surface area contributed by atoms with E-state index in [1.807, 2.05) is 30.3 Å². The smallest absolute Gasteiger partial charge is 0.129 e. The summed E-state index contributed by atoms with van der Waals surface area (Å²) in [5, 5.41) is 13.9. The summed E-state index contributed by atoms with van der Waals surface area (Å²) in [6, 6.07) is 17.9. The average Bonchev–Trinajstić information content (AvgIpc) is 2.55. The SMILES string of the molecule is O/N=C/c1c(OCc2ccccc2F)ccc2ccccc12. The average molecular weight is 295 g/mol. The highest BCUT2D eigenvalue weighted by Gasteiger charge is 2.09. The van der Waals surface area contributed by atoms with Gasteiger partial charge in [0.05, 0.1) is 6.21 Å². The first kappa shape index (κ1) is 14.1. The van der Waals surface area contributed by atoms with Crippen molar-refractivity contribution in [1.29, 1.82) is 0 Å². The van der Waals surface area contributed by atoms with Crippen LogP contribution in [0.5, 0.6) is 5.75 Å². The minimum atomic E-state index is -0.305. The number of halogens is 1. The fourth-order valence-electron chi connectivity index (χ4n) is 2.36. The van der Waals surface area contributed by atoms with Gasteiger partial charge in [0, 0.05) is 11.1 Å². The number of hydrogen-bond donors (Lipinski definition) is 1. The molecule has 4 heteroatoms. The molecule has 0 heterocycles. The molecule has 22 heavy (non-hydrogen) atoms. The third-order valence-electron chi connectivity index (χ3n) is 3.46.